The highest BCUT2D eigenvalue weighted by atomic mass is 16.3. The number of para-hydroxylation sites is 1. The molecule has 5 rings (SSSR count). The second-order valence-corrected chi connectivity index (χ2v) is 6.53. The van der Waals surface area contributed by atoms with Gasteiger partial charge in [0.1, 0.15) is 0 Å². The van der Waals surface area contributed by atoms with Gasteiger partial charge in [-0.05, 0) is 41.0 Å². The quantitative estimate of drug-likeness (QED) is 0.504. The Balaban J connectivity index is 1.89. The summed E-state index contributed by atoms with van der Waals surface area (Å²) in [5.74, 6) is -0.194. The standard InChI is InChI=1S/C21H16N2O2/c24-20-17-9-3-7-15-8-4-11-23(18(15)17)21(25)19(20)22-12-10-14-5-1-2-6-16(14)13-22/h1-3,5-7,9-10,12-13H,4,8,11H2. The fourth-order valence-electron chi connectivity index (χ4n) is 3.89. The summed E-state index contributed by atoms with van der Waals surface area (Å²) < 4.78 is 3.45. The van der Waals surface area contributed by atoms with Crippen molar-refractivity contribution in [1.82, 2.24) is 4.57 Å². The largest absolute Gasteiger partial charge is 0.867 e. The molecule has 25 heavy (non-hydrogen) atoms. The van der Waals surface area contributed by atoms with Gasteiger partial charge in [-0.1, -0.05) is 36.4 Å². The van der Waals surface area contributed by atoms with Crippen LogP contribution in [0.5, 0.6) is 5.75 Å². The summed E-state index contributed by atoms with van der Waals surface area (Å²) in [6, 6.07) is 15.6. The van der Waals surface area contributed by atoms with Crippen LogP contribution in [0, 0.1) is 0 Å². The second-order valence-electron chi connectivity index (χ2n) is 6.53. The predicted molar refractivity (Wildman–Crippen MR) is 95.0 cm³/mol. The van der Waals surface area contributed by atoms with Gasteiger partial charge in [0.05, 0.1) is 5.52 Å². The number of aromatic nitrogens is 2. The molecule has 3 heterocycles. The van der Waals surface area contributed by atoms with Crippen LogP contribution in [0.3, 0.4) is 0 Å². The average Bonchev–Trinajstić information content (AvgIpc) is 2.66. The lowest BCUT2D eigenvalue weighted by molar-refractivity contribution is -0.599. The third-order valence-corrected chi connectivity index (χ3v) is 5.07. The van der Waals surface area contributed by atoms with Gasteiger partial charge in [0, 0.05) is 18.0 Å². The third-order valence-electron chi connectivity index (χ3n) is 5.07. The topological polar surface area (TPSA) is 48.9 Å². The maximum absolute atomic E-state index is 13.1. The maximum Gasteiger partial charge on any atom is 0.322 e. The first-order chi connectivity index (χ1) is 12.2. The van der Waals surface area contributed by atoms with Gasteiger partial charge in [-0.25, -0.2) is 0 Å². The van der Waals surface area contributed by atoms with Crippen LogP contribution in [0.4, 0.5) is 0 Å². The lowest BCUT2D eigenvalue weighted by Gasteiger charge is -2.23. The summed E-state index contributed by atoms with van der Waals surface area (Å²) in [4.78, 5) is 13.1. The van der Waals surface area contributed by atoms with Gasteiger partial charge in [0.15, 0.2) is 12.4 Å². The maximum atomic E-state index is 13.1. The van der Waals surface area contributed by atoms with E-state index in [4.69, 9.17) is 0 Å². The van der Waals surface area contributed by atoms with Crippen LogP contribution in [0.2, 0.25) is 0 Å². The van der Waals surface area contributed by atoms with Crippen molar-refractivity contribution in [3.05, 3.63) is 76.8 Å². The number of rotatable bonds is 1. The fraction of sp³-hybridized carbons (Fsp3) is 0.143. The van der Waals surface area contributed by atoms with Crippen LogP contribution in [0.25, 0.3) is 27.4 Å². The molecule has 4 heteroatoms. The Morgan fingerprint density at radius 3 is 2.72 bits per heavy atom. The predicted octanol–water partition coefficient (Wildman–Crippen LogP) is 2.45. The summed E-state index contributed by atoms with van der Waals surface area (Å²) >= 11 is 0. The van der Waals surface area contributed by atoms with Crippen molar-refractivity contribution in [2.75, 3.05) is 0 Å². The minimum Gasteiger partial charge on any atom is -0.867 e. The zero-order valence-corrected chi connectivity index (χ0v) is 13.6. The molecular formula is C21H16N2O2. The highest BCUT2D eigenvalue weighted by Crippen LogP contribution is 2.30. The number of nitrogens with zero attached hydrogens (tertiary/aromatic N) is 2. The van der Waals surface area contributed by atoms with Crippen molar-refractivity contribution >= 4 is 21.7 Å². The molecule has 0 aliphatic carbocycles. The molecule has 0 spiro atoms. The van der Waals surface area contributed by atoms with Crippen LogP contribution >= 0.6 is 0 Å². The molecule has 0 fully saturated rings. The first-order valence-corrected chi connectivity index (χ1v) is 8.50. The van der Waals surface area contributed by atoms with Crippen molar-refractivity contribution in [3.8, 4) is 11.4 Å². The Kier molecular flexibility index (Phi) is 2.95. The second kappa shape index (κ2) is 5.18. The van der Waals surface area contributed by atoms with Crippen LogP contribution in [-0.2, 0) is 13.0 Å². The summed E-state index contributed by atoms with van der Waals surface area (Å²) in [7, 11) is 0. The summed E-state index contributed by atoms with van der Waals surface area (Å²) in [6.07, 6.45) is 5.50. The minimum absolute atomic E-state index is 0.194. The Labute approximate surface area is 144 Å². The molecule has 122 valence electrons. The van der Waals surface area contributed by atoms with E-state index in [1.54, 1.807) is 15.3 Å². The van der Waals surface area contributed by atoms with E-state index in [1.165, 1.54) is 0 Å². The van der Waals surface area contributed by atoms with E-state index in [9.17, 15) is 9.90 Å². The van der Waals surface area contributed by atoms with E-state index < -0.39 is 0 Å². The van der Waals surface area contributed by atoms with Crippen LogP contribution in [-0.4, -0.2) is 4.57 Å². The molecule has 2 aromatic heterocycles. The molecule has 4 nitrogen and oxygen atoms in total. The molecule has 1 aliphatic rings. The van der Waals surface area contributed by atoms with Gasteiger partial charge in [0.2, 0.25) is 0 Å². The Morgan fingerprint density at radius 2 is 1.84 bits per heavy atom. The van der Waals surface area contributed by atoms with E-state index >= 15 is 0 Å². The van der Waals surface area contributed by atoms with Crippen LogP contribution < -0.4 is 15.2 Å². The minimum atomic E-state index is -0.204. The van der Waals surface area contributed by atoms with Crippen LogP contribution in [0.15, 0.2) is 65.7 Å². The first kappa shape index (κ1) is 14.2. The first-order valence-electron chi connectivity index (χ1n) is 8.50. The van der Waals surface area contributed by atoms with Gasteiger partial charge in [-0.3, -0.25) is 4.79 Å². The van der Waals surface area contributed by atoms with Gasteiger partial charge < -0.3 is 9.67 Å². The molecule has 1 aliphatic heterocycles. The molecule has 4 aromatic rings. The normalized spacial score (nSPS) is 13.4. The van der Waals surface area contributed by atoms with Gasteiger partial charge in [-0.15, -0.1) is 0 Å². The fourth-order valence-corrected chi connectivity index (χ4v) is 3.89. The molecule has 0 saturated carbocycles. The molecule has 0 N–H and O–H groups in total. The molecule has 0 atom stereocenters. The highest BCUT2D eigenvalue weighted by Gasteiger charge is 2.22. The van der Waals surface area contributed by atoms with E-state index in [0.29, 0.717) is 11.9 Å². The van der Waals surface area contributed by atoms with Crippen molar-refractivity contribution < 1.29 is 9.67 Å². The Morgan fingerprint density at radius 1 is 1.00 bits per heavy atom. The van der Waals surface area contributed by atoms with E-state index in [0.717, 1.165) is 34.7 Å². The molecule has 0 radical (unpaired) electrons. The monoisotopic (exact) mass is 328 g/mol. The number of hydrogen-bond donors (Lipinski definition) is 0. The Hall–Kier alpha value is -3.14. The molecular weight excluding hydrogens is 312 g/mol. The van der Waals surface area contributed by atoms with E-state index in [1.807, 2.05) is 54.7 Å². The van der Waals surface area contributed by atoms with Gasteiger partial charge >= 0.3 is 5.56 Å². The number of fused-ring (bicyclic) bond motifs is 1. The summed E-state index contributed by atoms with van der Waals surface area (Å²) in [5.41, 5.74) is 1.91. The number of aryl methyl sites for hydroxylation is 2. The third kappa shape index (κ3) is 2.00. The summed E-state index contributed by atoms with van der Waals surface area (Å²) in [6.45, 7) is 0.660. The van der Waals surface area contributed by atoms with Crippen molar-refractivity contribution in [2.45, 2.75) is 19.4 Å². The van der Waals surface area contributed by atoms with Gasteiger partial charge in [0.25, 0.3) is 5.69 Å². The summed E-state index contributed by atoms with van der Waals surface area (Å²) in [5, 5.41) is 15.8. The lowest BCUT2D eigenvalue weighted by Crippen LogP contribution is -2.41. The van der Waals surface area contributed by atoms with Crippen molar-refractivity contribution in [2.24, 2.45) is 0 Å². The molecule has 0 bridgehead atoms. The van der Waals surface area contributed by atoms with Crippen LogP contribution in [0.1, 0.15) is 12.0 Å². The zero-order chi connectivity index (χ0) is 17.0. The average molecular weight is 328 g/mol. The highest BCUT2D eigenvalue weighted by molar-refractivity contribution is 5.90. The van der Waals surface area contributed by atoms with E-state index in [-0.39, 0.29) is 17.0 Å². The zero-order valence-electron chi connectivity index (χ0n) is 13.6. The SMILES string of the molecule is O=c1c(-[n+]2ccc3ccccc3c2)c([O-])c2cccc3c2n1CCC3. The molecule has 2 aromatic carbocycles. The van der Waals surface area contributed by atoms with Crippen molar-refractivity contribution in [3.63, 3.8) is 0 Å². The smallest absolute Gasteiger partial charge is 0.322 e. The lowest BCUT2D eigenvalue weighted by atomic mass is 10.0. The number of hydrogen-bond acceptors (Lipinski definition) is 2. The van der Waals surface area contributed by atoms with Crippen molar-refractivity contribution in [1.29, 1.82) is 0 Å². The van der Waals surface area contributed by atoms with E-state index in [2.05, 4.69) is 0 Å². The molecule has 0 unspecified atom stereocenters. The molecule has 0 amide bonds. The molecule has 0 saturated heterocycles. The van der Waals surface area contributed by atoms with Gasteiger partial charge in [-0.2, -0.15) is 4.57 Å². The Bertz CT molecular complexity index is 1210. The number of benzene rings is 2. The number of pyridine rings is 2.